The zero-order chi connectivity index (χ0) is 15.6. The minimum Gasteiger partial charge on any atom is -0.310 e. The standard InChI is InChI=1S/C16H18N2O3/c1-16(2)8-11(19)13(12(20)9-16)14(17)18-15(21)10-6-4-3-5-7-10/h3-7,13H,8-9H2,1-2H3,(H2,17,18,21). The number of carbonyl (C=O) groups excluding carboxylic acids is 3. The van der Waals surface area contributed by atoms with Gasteiger partial charge in [-0.05, 0) is 17.5 Å². The molecule has 1 amide bonds. The molecule has 0 spiro atoms. The van der Waals surface area contributed by atoms with E-state index in [-0.39, 0.29) is 35.7 Å². The smallest absolute Gasteiger partial charge is 0.256 e. The second kappa shape index (κ2) is 5.60. The first-order valence-electron chi connectivity index (χ1n) is 6.80. The van der Waals surface area contributed by atoms with Gasteiger partial charge in [-0.25, -0.2) is 0 Å². The highest BCUT2D eigenvalue weighted by atomic mass is 16.2. The normalized spacial score (nSPS) is 18.4. The average Bonchev–Trinajstić information content (AvgIpc) is 2.37. The van der Waals surface area contributed by atoms with Crippen LogP contribution in [0.15, 0.2) is 30.3 Å². The van der Waals surface area contributed by atoms with E-state index >= 15 is 0 Å². The van der Waals surface area contributed by atoms with E-state index in [0.717, 1.165) is 0 Å². The first-order valence-corrected chi connectivity index (χ1v) is 6.80. The van der Waals surface area contributed by atoms with Crippen LogP contribution in [-0.4, -0.2) is 23.3 Å². The van der Waals surface area contributed by atoms with Crippen LogP contribution in [0.3, 0.4) is 0 Å². The third-order valence-corrected chi connectivity index (χ3v) is 3.52. The lowest BCUT2D eigenvalue weighted by Crippen LogP contribution is -2.47. The molecule has 0 unspecified atom stereocenters. The van der Waals surface area contributed by atoms with Gasteiger partial charge in [-0.1, -0.05) is 32.0 Å². The van der Waals surface area contributed by atoms with E-state index in [9.17, 15) is 14.4 Å². The molecule has 0 heterocycles. The van der Waals surface area contributed by atoms with Crippen molar-refractivity contribution in [2.75, 3.05) is 0 Å². The van der Waals surface area contributed by atoms with Crippen LogP contribution in [0.25, 0.3) is 0 Å². The predicted octanol–water partition coefficient (Wildman–Crippen LogP) is 1.97. The largest absolute Gasteiger partial charge is 0.310 e. The van der Waals surface area contributed by atoms with Gasteiger partial charge in [-0.3, -0.25) is 19.8 Å². The fourth-order valence-corrected chi connectivity index (χ4v) is 2.57. The Hall–Kier alpha value is -2.30. The second-order valence-electron chi connectivity index (χ2n) is 6.12. The zero-order valence-electron chi connectivity index (χ0n) is 12.1. The number of benzene rings is 1. The molecule has 110 valence electrons. The van der Waals surface area contributed by atoms with Crippen LogP contribution >= 0.6 is 0 Å². The number of amidine groups is 1. The molecule has 0 atom stereocenters. The van der Waals surface area contributed by atoms with Crippen LogP contribution in [0.2, 0.25) is 0 Å². The van der Waals surface area contributed by atoms with Crippen molar-refractivity contribution >= 4 is 23.3 Å². The quantitative estimate of drug-likeness (QED) is 0.495. The van der Waals surface area contributed by atoms with E-state index in [1.165, 1.54) is 0 Å². The van der Waals surface area contributed by atoms with E-state index in [1.54, 1.807) is 30.3 Å². The van der Waals surface area contributed by atoms with Crippen molar-refractivity contribution in [3.8, 4) is 0 Å². The summed E-state index contributed by atoms with van der Waals surface area (Å²) >= 11 is 0. The van der Waals surface area contributed by atoms with Gasteiger partial charge in [0.05, 0.1) is 0 Å². The van der Waals surface area contributed by atoms with Crippen LogP contribution < -0.4 is 5.32 Å². The fraction of sp³-hybridized carbons (Fsp3) is 0.375. The molecular weight excluding hydrogens is 268 g/mol. The number of hydrogen-bond acceptors (Lipinski definition) is 4. The highest BCUT2D eigenvalue weighted by molar-refractivity contribution is 6.24. The van der Waals surface area contributed by atoms with E-state index < -0.39 is 11.8 Å². The summed E-state index contributed by atoms with van der Waals surface area (Å²) in [6.07, 6.45) is 0.486. The van der Waals surface area contributed by atoms with E-state index in [2.05, 4.69) is 5.32 Å². The number of hydrogen-bond donors (Lipinski definition) is 2. The number of ketones is 2. The number of Topliss-reactive ketones (excluding diaryl/α,β-unsaturated/α-hetero) is 2. The molecule has 5 nitrogen and oxygen atoms in total. The Bertz CT molecular complexity index is 585. The predicted molar refractivity (Wildman–Crippen MR) is 78.2 cm³/mol. The Morgan fingerprint density at radius 3 is 2.19 bits per heavy atom. The zero-order valence-corrected chi connectivity index (χ0v) is 12.1. The molecule has 1 aromatic rings. The van der Waals surface area contributed by atoms with Gasteiger partial charge in [0.1, 0.15) is 11.8 Å². The van der Waals surface area contributed by atoms with Gasteiger partial charge in [-0.2, -0.15) is 0 Å². The molecule has 1 aliphatic rings. The van der Waals surface area contributed by atoms with Gasteiger partial charge in [0.15, 0.2) is 11.6 Å². The van der Waals surface area contributed by atoms with Gasteiger partial charge in [-0.15, -0.1) is 0 Å². The van der Waals surface area contributed by atoms with Gasteiger partial charge in [0.2, 0.25) is 0 Å². The fourth-order valence-electron chi connectivity index (χ4n) is 2.57. The lowest BCUT2D eigenvalue weighted by Gasteiger charge is -2.32. The Kier molecular flexibility index (Phi) is 4.02. The summed E-state index contributed by atoms with van der Waals surface area (Å²) in [5.41, 5.74) is 0.0206. The van der Waals surface area contributed by atoms with E-state index in [1.807, 2.05) is 13.8 Å². The summed E-state index contributed by atoms with van der Waals surface area (Å²) in [6, 6.07) is 8.40. The molecule has 0 aliphatic heterocycles. The van der Waals surface area contributed by atoms with Gasteiger partial charge >= 0.3 is 0 Å². The maximum absolute atomic E-state index is 12.1. The molecule has 1 aromatic carbocycles. The molecule has 2 N–H and O–H groups in total. The molecule has 1 aliphatic carbocycles. The van der Waals surface area contributed by atoms with Crippen molar-refractivity contribution in [3.63, 3.8) is 0 Å². The number of carbonyl (C=O) groups is 3. The summed E-state index contributed by atoms with van der Waals surface area (Å²) in [7, 11) is 0. The summed E-state index contributed by atoms with van der Waals surface area (Å²) in [4.78, 5) is 36.1. The van der Waals surface area contributed by atoms with Crippen molar-refractivity contribution in [3.05, 3.63) is 35.9 Å². The average molecular weight is 286 g/mol. The SMILES string of the molecule is CC1(C)CC(=O)C(C(=N)NC(=O)c2ccccc2)C(=O)C1. The van der Waals surface area contributed by atoms with Crippen LogP contribution in [0, 0.1) is 16.7 Å². The molecule has 5 heteroatoms. The van der Waals surface area contributed by atoms with E-state index in [0.29, 0.717) is 5.56 Å². The third-order valence-electron chi connectivity index (χ3n) is 3.52. The molecule has 2 rings (SSSR count). The van der Waals surface area contributed by atoms with Crippen LogP contribution in [0.5, 0.6) is 0 Å². The maximum atomic E-state index is 12.1. The Balaban J connectivity index is 2.09. The van der Waals surface area contributed by atoms with Crippen molar-refractivity contribution in [2.45, 2.75) is 26.7 Å². The van der Waals surface area contributed by atoms with Crippen LogP contribution in [0.4, 0.5) is 0 Å². The molecular formula is C16H18N2O3. The minimum atomic E-state index is -1.13. The summed E-state index contributed by atoms with van der Waals surface area (Å²) in [6.45, 7) is 3.70. The Morgan fingerprint density at radius 2 is 1.67 bits per heavy atom. The molecule has 0 aromatic heterocycles. The molecule has 1 saturated carbocycles. The highest BCUT2D eigenvalue weighted by Gasteiger charge is 2.42. The van der Waals surface area contributed by atoms with Crippen LogP contribution in [-0.2, 0) is 9.59 Å². The minimum absolute atomic E-state index is 0.243. The summed E-state index contributed by atoms with van der Waals surface area (Å²) in [5, 5.41) is 10.2. The lowest BCUT2D eigenvalue weighted by atomic mass is 9.71. The van der Waals surface area contributed by atoms with Gasteiger partial charge < -0.3 is 5.32 Å². The molecule has 1 fully saturated rings. The van der Waals surface area contributed by atoms with Gasteiger partial charge in [0.25, 0.3) is 5.91 Å². The van der Waals surface area contributed by atoms with Crippen LogP contribution in [0.1, 0.15) is 37.0 Å². The topological polar surface area (TPSA) is 87.1 Å². The lowest BCUT2D eigenvalue weighted by molar-refractivity contribution is -0.136. The maximum Gasteiger partial charge on any atom is 0.256 e. The second-order valence-corrected chi connectivity index (χ2v) is 6.12. The number of nitrogens with one attached hydrogen (secondary N) is 2. The highest BCUT2D eigenvalue weighted by Crippen LogP contribution is 2.33. The first kappa shape index (κ1) is 15.1. The number of rotatable bonds is 2. The van der Waals surface area contributed by atoms with Crippen molar-refractivity contribution < 1.29 is 14.4 Å². The van der Waals surface area contributed by atoms with Crippen molar-refractivity contribution in [1.82, 2.24) is 5.32 Å². The molecule has 0 bridgehead atoms. The van der Waals surface area contributed by atoms with Crippen molar-refractivity contribution in [2.24, 2.45) is 11.3 Å². The van der Waals surface area contributed by atoms with E-state index in [4.69, 9.17) is 5.41 Å². The molecule has 21 heavy (non-hydrogen) atoms. The Morgan fingerprint density at radius 1 is 1.14 bits per heavy atom. The summed E-state index contributed by atoms with van der Waals surface area (Å²) in [5.74, 6) is -2.53. The Labute approximate surface area is 123 Å². The molecule has 0 radical (unpaired) electrons. The third kappa shape index (κ3) is 3.42. The van der Waals surface area contributed by atoms with Gasteiger partial charge in [0, 0.05) is 18.4 Å². The monoisotopic (exact) mass is 286 g/mol. The van der Waals surface area contributed by atoms with Crippen molar-refractivity contribution in [1.29, 1.82) is 5.41 Å². The first-order chi connectivity index (χ1) is 9.80. The summed E-state index contributed by atoms with van der Waals surface area (Å²) < 4.78 is 0. The molecule has 0 saturated heterocycles. The number of amides is 1.